The topological polar surface area (TPSA) is 78.0 Å². The zero-order valence-corrected chi connectivity index (χ0v) is 16.3. The van der Waals surface area contributed by atoms with Crippen LogP contribution in [-0.2, 0) is 16.2 Å². The van der Waals surface area contributed by atoms with Crippen LogP contribution in [0.2, 0.25) is 0 Å². The molecule has 3 aromatic carbocycles. The maximum atomic E-state index is 13.7. The molecule has 0 spiro atoms. The number of nitrogens with two attached hydrogens (primary N) is 1. The normalized spacial score (nSPS) is 12.8. The molecule has 0 amide bonds. The van der Waals surface area contributed by atoms with Crippen LogP contribution in [0.4, 0.5) is 13.2 Å². The number of rotatable bonds is 2. The first kappa shape index (κ1) is 19.4. The third-order valence-corrected chi connectivity index (χ3v) is 5.73. The lowest BCUT2D eigenvalue weighted by molar-refractivity contribution is -0.140. The zero-order chi connectivity index (χ0) is 21.1. The average molecular weight is 419 g/mol. The Hall–Kier alpha value is -2.91. The lowest BCUT2D eigenvalue weighted by Crippen LogP contribution is -2.12. The number of hydrogen-bond acceptors (Lipinski definition) is 3. The number of fused-ring (bicyclic) bond motifs is 3. The Balaban J connectivity index is 2.11. The molecule has 0 saturated carbocycles. The van der Waals surface area contributed by atoms with Crippen molar-refractivity contribution in [3.05, 3.63) is 65.4 Å². The summed E-state index contributed by atoms with van der Waals surface area (Å²) in [6.07, 6.45) is -4.64. The van der Waals surface area contributed by atoms with Crippen LogP contribution in [0.5, 0.6) is 0 Å². The fourth-order valence-corrected chi connectivity index (χ4v) is 4.10. The molecule has 0 radical (unpaired) electrons. The van der Waals surface area contributed by atoms with Crippen molar-refractivity contribution in [2.24, 2.45) is 5.14 Å². The molecule has 0 bridgehead atoms. The third kappa shape index (κ3) is 3.26. The van der Waals surface area contributed by atoms with Gasteiger partial charge in [-0.15, -0.1) is 0 Å². The summed E-state index contributed by atoms with van der Waals surface area (Å²) in [6.45, 7) is 3.77. The molecule has 2 N–H and O–H groups in total. The Morgan fingerprint density at radius 1 is 0.931 bits per heavy atom. The van der Waals surface area contributed by atoms with Gasteiger partial charge in [0.15, 0.2) is 5.69 Å². The van der Waals surface area contributed by atoms with Gasteiger partial charge in [0.2, 0.25) is 10.0 Å². The minimum Gasteiger partial charge on any atom is -0.232 e. The molecular weight excluding hydrogens is 403 g/mol. The van der Waals surface area contributed by atoms with Crippen molar-refractivity contribution in [2.75, 3.05) is 0 Å². The molecule has 0 aliphatic heterocycles. The quantitative estimate of drug-likeness (QED) is 0.521. The SMILES string of the molecule is Cc1cc(C)c2ccc3c(C(F)(F)F)nn(-c4ccc(S(N)(=O)=O)cc4)c3c2c1. The van der Waals surface area contributed by atoms with Crippen LogP contribution in [0.3, 0.4) is 0 Å². The van der Waals surface area contributed by atoms with Gasteiger partial charge >= 0.3 is 6.18 Å². The zero-order valence-electron chi connectivity index (χ0n) is 15.4. The number of halogens is 3. The van der Waals surface area contributed by atoms with Crippen molar-refractivity contribution in [3.63, 3.8) is 0 Å². The number of aromatic nitrogens is 2. The van der Waals surface area contributed by atoms with Gasteiger partial charge in [0.1, 0.15) is 0 Å². The fraction of sp³-hybridized carbons (Fsp3) is 0.150. The molecule has 150 valence electrons. The number of aryl methyl sites for hydroxylation is 2. The van der Waals surface area contributed by atoms with Crippen molar-refractivity contribution >= 4 is 31.7 Å². The van der Waals surface area contributed by atoms with E-state index in [1.807, 2.05) is 26.0 Å². The predicted molar refractivity (Wildman–Crippen MR) is 104 cm³/mol. The van der Waals surface area contributed by atoms with Crippen LogP contribution in [0, 0.1) is 13.8 Å². The number of hydrogen-bond donors (Lipinski definition) is 1. The van der Waals surface area contributed by atoms with Crippen LogP contribution < -0.4 is 5.14 Å². The Bertz CT molecular complexity index is 1370. The molecule has 0 unspecified atom stereocenters. The molecule has 0 aliphatic rings. The van der Waals surface area contributed by atoms with E-state index in [0.717, 1.165) is 16.5 Å². The summed E-state index contributed by atoms with van der Waals surface area (Å²) < 4.78 is 65.1. The molecule has 4 rings (SSSR count). The second kappa shape index (κ2) is 6.30. The monoisotopic (exact) mass is 419 g/mol. The molecule has 0 fully saturated rings. The van der Waals surface area contributed by atoms with Crippen LogP contribution in [0.1, 0.15) is 16.8 Å². The Kier molecular flexibility index (Phi) is 4.21. The molecule has 29 heavy (non-hydrogen) atoms. The van der Waals surface area contributed by atoms with Crippen molar-refractivity contribution < 1.29 is 21.6 Å². The van der Waals surface area contributed by atoms with Crippen molar-refractivity contribution in [1.82, 2.24) is 9.78 Å². The highest BCUT2D eigenvalue weighted by Gasteiger charge is 2.37. The summed E-state index contributed by atoms with van der Waals surface area (Å²) in [5, 5.41) is 10.4. The van der Waals surface area contributed by atoms with E-state index >= 15 is 0 Å². The second-order valence-corrected chi connectivity index (χ2v) is 8.50. The Morgan fingerprint density at radius 2 is 1.55 bits per heavy atom. The number of primary sulfonamides is 1. The van der Waals surface area contributed by atoms with Crippen molar-refractivity contribution in [2.45, 2.75) is 24.9 Å². The highest BCUT2D eigenvalue weighted by Crippen LogP contribution is 2.38. The molecular formula is C20H16F3N3O2S. The maximum absolute atomic E-state index is 13.7. The van der Waals surface area contributed by atoms with Crippen molar-refractivity contribution in [3.8, 4) is 5.69 Å². The molecule has 1 heterocycles. The summed E-state index contributed by atoms with van der Waals surface area (Å²) in [7, 11) is -3.92. The summed E-state index contributed by atoms with van der Waals surface area (Å²) >= 11 is 0. The summed E-state index contributed by atoms with van der Waals surface area (Å²) in [4.78, 5) is -0.134. The van der Waals surface area contributed by atoms with Gasteiger partial charge < -0.3 is 0 Å². The molecule has 4 aromatic rings. The summed E-state index contributed by atoms with van der Waals surface area (Å²) in [5.74, 6) is 0. The number of alkyl halides is 3. The van der Waals surface area contributed by atoms with E-state index in [2.05, 4.69) is 5.10 Å². The lowest BCUT2D eigenvalue weighted by Gasteiger charge is -2.09. The van der Waals surface area contributed by atoms with E-state index in [4.69, 9.17) is 5.14 Å². The Morgan fingerprint density at radius 3 is 2.14 bits per heavy atom. The minimum absolute atomic E-state index is 0.0227. The molecule has 0 aliphatic carbocycles. The molecule has 1 aromatic heterocycles. The van der Waals surface area contributed by atoms with Gasteiger partial charge in [-0.25, -0.2) is 18.2 Å². The van der Waals surface area contributed by atoms with Gasteiger partial charge in [-0.05, 0) is 61.2 Å². The van der Waals surface area contributed by atoms with E-state index in [1.54, 1.807) is 6.07 Å². The average Bonchev–Trinajstić information content (AvgIpc) is 3.01. The number of sulfonamides is 1. The van der Waals surface area contributed by atoms with E-state index < -0.39 is 21.9 Å². The predicted octanol–water partition coefficient (Wildman–Crippen LogP) is 4.46. The van der Waals surface area contributed by atoms with Crippen LogP contribution >= 0.6 is 0 Å². The van der Waals surface area contributed by atoms with E-state index in [-0.39, 0.29) is 10.3 Å². The minimum atomic E-state index is -4.64. The molecule has 5 nitrogen and oxygen atoms in total. The first-order valence-corrected chi connectivity index (χ1v) is 10.1. The van der Waals surface area contributed by atoms with Crippen LogP contribution in [0.15, 0.2) is 53.4 Å². The van der Waals surface area contributed by atoms with Gasteiger partial charge in [-0.1, -0.05) is 17.7 Å². The van der Waals surface area contributed by atoms with Gasteiger partial charge in [0.25, 0.3) is 0 Å². The van der Waals surface area contributed by atoms with Gasteiger partial charge in [-0.3, -0.25) is 0 Å². The summed E-state index contributed by atoms with van der Waals surface area (Å²) in [5.41, 5.74) is 1.46. The largest absolute Gasteiger partial charge is 0.435 e. The Labute approximate surface area is 164 Å². The number of benzene rings is 3. The fourth-order valence-electron chi connectivity index (χ4n) is 3.58. The van der Waals surface area contributed by atoms with E-state index in [0.29, 0.717) is 16.6 Å². The first-order valence-electron chi connectivity index (χ1n) is 8.60. The van der Waals surface area contributed by atoms with Crippen molar-refractivity contribution in [1.29, 1.82) is 0 Å². The van der Waals surface area contributed by atoms with Gasteiger partial charge in [0, 0.05) is 10.8 Å². The number of nitrogens with zero attached hydrogens (tertiary/aromatic N) is 2. The maximum Gasteiger partial charge on any atom is 0.435 e. The second-order valence-electron chi connectivity index (χ2n) is 6.94. The highest BCUT2D eigenvalue weighted by atomic mass is 32.2. The van der Waals surface area contributed by atoms with Gasteiger partial charge in [-0.2, -0.15) is 18.3 Å². The first-order chi connectivity index (χ1) is 13.5. The van der Waals surface area contributed by atoms with Crippen LogP contribution in [-0.4, -0.2) is 18.2 Å². The lowest BCUT2D eigenvalue weighted by atomic mass is 9.99. The standard InChI is InChI=1S/C20H16F3N3O2S/c1-11-9-12(2)15-7-8-16-18(17(15)10-11)26(25-19(16)20(21,22)23)13-3-5-14(6-4-13)29(24,27)28/h3-10H,1-2H3,(H2,24,27,28). The molecule has 0 atom stereocenters. The molecule has 0 saturated heterocycles. The van der Waals surface area contributed by atoms with Gasteiger partial charge in [0.05, 0.1) is 16.1 Å². The highest BCUT2D eigenvalue weighted by molar-refractivity contribution is 7.89. The third-order valence-electron chi connectivity index (χ3n) is 4.80. The van der Waals surface area contributed by atoms with Crippen LogP contribution in [0.25, 0.3) is 27.4 Å². The van der Waals surface area contributed by atoms with E-state index in [9.17, 15) is 21.6 Å². The smallest absolute Gasteiger partial charge is 0.232 e. The summed E-state index contributed by atoms with van der Waals surface area (Å²) in [6, 6.07) is 12.1. The van der Waals surface area contributed by atoms with E-state index in [1.165, 1.54) is 35.0 Å². The molecule has 9 heteroatoms.